The summed E-state index contributed by atoms with van der Waals surface area (Å²) in [4.78, 5) is 18.2. The fraction of sp³-hybridized carbons (Fsp3) is 0.423. The van der Waals surface area contributed by atoms with Gasteiger partial charge < -0.3 is 19.7 Å². The zero-order chi connectivity index (χ0) is 31.9. The molecule has 0 amide bonds. The fourth-order valence-electron chi connectivity index (χ4n) is 5.25. The summed E-state index contributed by atoms with van der Waals surface area (Å²) in [5.41, 5.74) is 1.20. The van der Waals surface area contributed by atoms with E-state index in [9.17, 15) is 30.7 Å². The Bertz CT molecular complexity index is 1940. The molecule has 1 fully saturated rings. The summed E-state index contributed by atoms with van der Waals surface area (Å²) in [6.45, 7) is 0.653. The molecule has 3 aromatic heterocycles. The van der Waals surface area contributed by atoms with Crippen LogP contribution < -0.4 is 10.2 Å². The lowest BCUT2D eigenvalue weighted by molar-refractivity contribution is 0.123. The molecule has 1 unspecified atom stereocenters. The molecule has 19 heteroatoms. The van der Waals surface area contributed by atoms with Crippen LogP contribution >= 0.6 is 0 Å². The number of sulfonamides is 1. The number of aliphatic hydroxyl groups excluding tert-OH is 1. The van der Waals surface area contributed by atoms with Crippen molar-refractivity contribution in [3.05, 3.63) is 59.6 Å². The SMILES string of the molecule is CS(=O)(=O)N1CCC(Nc2ncc3c(n2)N(Cc2ccc4nc(CCS(=O)(=O)n5cncn5)oc4c2)C(O)C(C(F)F)=C3)CC1. The van der Waals surface area contributed by atoms with Crippen LogP contribution in [0.3, 0.4) is 0 Å². The number of rotatable bonds is 10. The van der Waals surface area contributed by atoms with Crippen molar-refractivity contribution in [3.8, 4) is 0 Å². The van der Waals surface area contributed by atoms with E-state index in [0.717, 1.165) is 16.7 Å². The van der Waals surface area contributed by atoms with Gasteiger partial charge in [-0.2, -0.15) is 4.98 Å². The number of benzene rings is 1. The average molecular weight is 666 g/mol. The monoisotopic (exact) mass is 665 g/mol. The highest BCUT2D eigenvalue weighted by Gasteiger charge is 2.34. The molecular weight excluding hydrogens is 636 g/mol. The number of anilines is 2. The first-order chi connectivity index (χ1) is 21.4. The van der Waals surface area contributed by atoms with Gasteiger partial charge in [-0.3, -0.25) is 0 Å². The molecule has 5 heterocycles. The molecule has 0 saturated carbocycles. The molecule has 0 bridgehead atoms. The Hall–Kier alpha value is -4.07. The van der Waals surface area contributed by atoms with E-state index < -0.39 is 38.3 Å². The molecule has 0 radical (unpaired) electrons. The number of nitrogens with one attached hydrogen (secondary N) is 1. The summed E-state index contributed by atoms with van der Waals surface area (Å²) in [5, 5.41) is 17.8. The van der Waals surface area contributed by atoms with Crippen LogP contribution in [0.2, 0.25) is 0 Å². The van der Waals surface area contributed by atoms with E-state index in [1.165, 1.54) is 27.7 Å². The van der Waals surface area contributed by atoms with Gasteiger partial charge >= 0.3 is 0 Å². The van der Waals surface area contributed by atoms with Crippen LogP contribution in [0.5, 0.6) is 0 Å². The average Bonchev–Trinajstić information content (AvgIpc) is 3.68. The van der Waals surface area contributed by atoms with Crippen molar-refractivity contribution in [1.29, 1.82) is 0 Å². The highest BCUT2D eigenvalue weighted by atomic mass is 32.2. The second-order valence-corrected chi connectivity index (χ2v) is 14.7. The van der Waals surface area contributed by atoms with Gasteiger partial charge in [0.2, 0.25) is 16.0 Å². The van der Waals surface area contributed by atoms with Gasteiger partial charge in [0.05, 0.1) is 12.0 Å². The quantitative estimate of drug-likeness (QED) is 0.248. The first-order valence-corrected chi connectivity index (χ1v) is 17.3. The van der Waals surface area contributed by atoms with Gasteiger partial charge in [0.15, 0.2) is 17.7 Å². The smallest absolute Gasteiger partial charge is 0.264 e. The number of piperidine rings is 1. The minimum atomic E-state index is -3.75. The maximum atomic E-state index is 13.9. The van der Waals surface area contributed by atoms with Gasteiger partial charge in [-0.1, -0.05) is 6.07 Å². The number of alkyl halides is 2. The molecule has 1 atom stereocenters. The zero-order valence-corrected chi connectivity index (χ0v) is 25.5. The number of nitrogens with zero attached hydrogens (tertiary/aromatic N) is 8. The summed E-state index contributed by atoms with van der Waals surface area (Å²) in [6, 6.07) is 4.88. The maximum Gasteiger partial charge on any atom is 0.264 e. The second-order valence-electron chi connectivity index (χ2n) is 10.7. The van der Waals surface area contributed by atoms with Gasteiger partial charge in [0, 0.05) is 49.4 Å². The Morgan fingerprint density at radius 2 is 1.93 bits per heavy atom. The summed E-state index contributed by atoms with van der Waals surface area (Å²) < 4.78 is 84.3. The molecule has 2 aliphatic rings. The second kappa shape index (κ2) is 12.0. The summed E-state index contributed by atoms with van der Waals surface area (Å²) >= 11 is 0. The van der Waals surface area contributed by atoms with Crippen molar-refractivity contribution in [2.24, 2.45) is 0 Å². The van der Waals surface area contributed by atoms with Gasteiger partial charge in [-0.05, 0) is 36.6 Å². The number of aryl methyl sites for hydroxylation is 1. The lowest BCUT2D eigenvalue weighted by Crippen LogP contribution is -2.42. The van der Waals surface area contributed by atoms with Crippen LogP contribution in [-0.4, -0.2) is 99.2 Å². The van der Waals surface area contributed by atoms with Gasteiger partial charge in [0.25, 0.3) is 16.4 Å². The Kier molecular flexibility index (Phi) is 8.27. The Balaban J connectivity index is 1.21. The molecule has 1 saturated heterocycles. The van der Waals surface area contributed by atoms with Crippen molar-refractivity contribution in [1.82, 2.24) is 33.4 Å². The highest BCUT2D eigenvalue weighted by Crippen LogP contribution is 2.35. The highest BCUT2D eigenvalue weighted by molar-refractivity contribution is 7.89. The van der Waals surface area contributed by atoms with Crippen molar-refractivity contribution in [2.45, 2.75) is 44.5 Å². The van der Waals surface area contributed by atoms with Crippen LogP contribution in [0.25, 0.3) is 17.2 Å². The standard InChI is InChI=1S/C26H29F2N9O6S2/c1-44(39,40)35-7-4-18(5-8-35)32-26-30-12-17-11-19(23(27)28)25(38)36(24(17)34-26)13-16-2-3-20-21(10-16)43-22(33-20)6-9-45(41,42)37-15-29-14-31-37/h2-3,10-12,14-15,18,23,25,38H,4-9,13H2,1H3,(H,30,32,34). The number of aliphatic hydroxyl groups is 1. The molecule has 4 aromatic rings. The van der Waals surface area contributed by atoms with Gasteiger partial charge in [0.1, 0.15) is 24.0 Å². The number of oxazole rings is 1. The third-order valence-electron chi connectivity index (χ3n) is 7.60. The lowest BCUT2D eigenvalue weighted by Gasteiger charge is -2.35. The van der Waals surface area contributed by atoms with E-state index in [4.69, 9.17) is 4.42 Å². The number of aromatic nitrogens is 6. The lowest BCUT2D eigenvalue weighted by atomic mass is 10.0. The summed E-state index contributed by atoms with van der Waals surface area (Å²) in [7, 11) is -7.04. The first-order valence-electron chi connectivity index (χ1n) is 13.9. The minimum absolute atomic E-state index is 0.0209. The predicted molar refractivity (Wildman–Crippen MR) is 158 cm³/mol. The molecule has 0 spiro atoms. The molecule has 15 nitrogen and oxygen atoms in total. The maximum absolute atomic E-state index is 13.9. The Morgan fingerprint density at radius 3 is 2.62 bits per heavy atom. The van der Waals surface area contributed by atoms with E-state index >= 15 is 0 Å². The zero-order valence-electron chi connectivity index (χ0n) is 23.9. The fourth-order valence-corrected chi connectivity index (χ4v) is 7.13. The van der Waals surface area contributed by atoms with E-state index in [0.29, 0.717) is 48.2 Å². The normalized spacial score (nSPS) is 18.4. The molecule has 6 rings (SSSR count). The Labute approximate surface area is 256 Å². The van der Waals surface area contributed by atoms with Crippen LogP contribution in [0.4, 0.5) is 20.5 Å². The molecule has 240 valence electrons. The van der Waals surface area contributed by atoms with Crippen LogP contribution in [-0.2, 0) is 33.0 Å². The summed E-state index contributed by atoms with van der Waals surface area (Å²) in [5.74, 6) is 0.314. The molecular formula is C26H29F2N9O6S2. The topological polar surface area (TPSA) is 190 Å². The van der Waals surface area contributed by atoms with Crippen molar-refractivity contribution in [2.75, 3.05) is 35.3 Å². The van der Waals surface area contributed by atoms with Gasteiger partial charge in [-0.15, -0.1) is 9.19 Å². The number of hydrogen-bond acceptors (Lipinski definition) is 13. The minimum Gasteiger partial charge on any atom is -0.441 e. The third-order valence-corrected chi connectivity index (χ3v) is 10.4. The van der Waals surface area contributed by atoms with Crippen LogP contribution in [0.1, 0.15) is 29.9 Å². The number of halogens is 2. The van der Waals surface area contributed by atoms with Crippen molar-refractivity contribution >= 4 is 49.0 Å². The molecule has 45 heavy (non-hydrogen) atoms. The summed E-state index contributed by atoms with van der Waals surface area (Å²) in [6.07, 6.45) is 2.38. The first kappa shape index (κ1) is 30.9. The van der Waals surface area contributed by atoms with Crippen molar-refractivity contribution in [3.63, 3.8) is 0 Å². The molecule has 1 aromatic carbocycles. The molecule has 2 N–H and O–H groups in total. The van der Waals surface area contributed by atoms with Crippen LogP contribution in [0.15, 0.2) is 47.0 Å². The van der Waals surface area contributed by atoms with Gasteiger partial charge in [-0.25, -0.2) is 44.9 Å². The third kappa shape index (κ3) is 6.65. The molecule has 0 aliphatic carbocycles. The number of hydrogen-bond donors (Lipinski definition) is 2. The largest absolute Gasteiger partial charge is 0.441 e. The van der Waals surface area contributed by atoms with E-state index in [-0.39, 0.29) is 42.4 Å². The predicted octanol–water partition coefficient (Wildman–Crippen LogP) is 1.45. The van der Waals surface area contributed by atoms with E-state index in [2.05, 4.69) is 30.4 Å². The van der Waals surface area contributed by atoms with E-state index in [1.54, 1.807) is 18.2 Å². The Morgan fingerprint density at radius 1 is 1.16 bits per heavy atom. The van der Waals surface area contributed by atoms with E-state index in [1.807, 2.05) is 0 Å². The van der Waals surface area contributed by atoms with Crippen molar-refractivity contribution < 1.29 is 35.1 Å². The molecule has 2 aliphatic heterocycles. The number of fused-ring (bicyclic) bond motifs is 2. The van der Waals surface area contributed by atoms with Crippen LogP contribution in [0, 0.1) is 0 Å².